The fourth-order valence-corrected chi connectivity index (χ4v) is 3.31. The van der Waals surface area contributed by atoms with Crippen molar-refractivity contribution in [1.82, 2.24) is 15.1 Å². The molecule has 2 aliphatic rings. The Balaban J connectivity index is 1.59. The van der Waals surface area contributed by atoms with E-state index in [0.717, 1.165) is 5.69 Å². The second-order valence-corrected chi connectivity index (χ2v) is 7.16. The first-order chi connectivity index (χ1) is 14.6. The van der Waals surface area contributed by atoms with Crippen molar-refractivity contribution in [3.8, 4) is 11.3 Å². The Morgan fingerprint density at radius 1 is 1.17 bits per heavy atom. The maximum absolute atomic E-state index is 12.6. The smallest absolute Gasteiger partial charge is 0.323 e. The van der Waals surface area contributed by atoms with Gasteiger partial charge < -0.3 is 15.4 Å². The zero-order chi connectivity index (χ0) is 21.3. The molecule has 1 aromatic rings. The molecule has 2 N–H and O–H groups in total. The molecular weight excluding hydrogens is 404 g/mol. The zero-order valence-electron chi connectivity index (χ0n) is 16.8. The number of carbonyl (C=O) groups is 1. The zero-order valence-corrected chi connectivity index (χ0v) is 17.6. The van der Waals surface area contributed by atoms with E-state index in [9.17, 15) is 9.59 Å². The van der Waals surface area contributed by atoms with Gasteiger partial charge in [0.05, 0.1) is 17.9 Å². The average Bonchev–Trinajstić information content (AvgIpc) is 2.89. The lowest BCUT2D eigenvalue weighted by Crippen LogP contribution is -2.41. The van der Waals surface area contributed by atoms with E-state index in [1.54, 1.807) is 19.1 Å². The van der Waals surface area contributed by atoms with Crippen LogP contribution in [0.15, 0.2) is 59.4 Å². The molecule has 7 nitrogen and oxygen atoms in total. The highest BCUT2D eigenvalue weighted by molar-refractivity contribution is 6.30. The number of carbonyl (C=O) groups excluding carboxylic acids is 1. The minimum Gasteiger partial charge on any atom is -0.465 e. The van der Waals surface area contributed by atoms with Gasteiger partial charge in [-0.05, 0) is 43.7 Å². The van der Waals surface area contributed by atoms with Gasteiger partial charge in [0.25, 0.3) is 5.56 Å². The van der Waals surface area contributed by atoms with Crippen LogP contribution in [0.1, 0.15) is 13.3 Å². The van der Waals surface area contributed by atoms with E-state index < -0.39 is 6.04 Å². The van der Waals surface area contributed by atoms with E-state index in [2.05, 4.69) is 15.7 Å². The quantitative estimate of drug-likeness (QED) is 0.381. The number of anilines is 1. The molecule has 1 aromatic carbocycles. The summed E-state index contributed by atoms with van der Waals surface area (Å²) in [6, 6.07) is 16.0. The molecule has 158 valence electrons. The van der Waals surface area contributed by atoms with Crippen LogP contribution >= 0.6 is 11.6 Å². The average molecular weight is 429 g/mol. The van der Waals surface area contributed by atoms with Crippen molar-refractivity contribution >= 4 is 23.3 Å². The van der Waals surface area contributed by atoms with Crippen molar-refractivity contribution in [3.63, 3.8) is 0 Å². The van der Waals surface area contributed by atoms with Crippen LogP contribution in [0.25, 0.3) is 11.3 Å². The summed E-state index contributed by atoms with van der Waals surface area (Å²) in [4.78, 5) is 24.9. The highest BCUT2D eigenvalue weighted by atomic mass is 35.5. The molecule has 0 saturated heterocycles. The maximum Gasteiger partial charge on any atom is 0.323 e. The van der Waals surface area contributed by atoms with Gasteiger partial charge in [0.15, 0.2) is 0 Å². The van der Waals surface area contributed by atoms with Crippen LogP contribution in [0, 0.1) is 0 Å². The van der Waals surface area contributed by atoms with Gasteiger partial charge in [0, 0.05) is 30.3 Å². The molecule has 0 bridgehead atoms. The molecule has 1 aliphatic carbocycles. The number of nitrogens with one attached hydrogen (secondary N) is 2. The van der Waals surface area contributed by atoms with Gasteiger partial charge in [-0.3, -0.25) is 9.59 Å². The third kappa shape index (κ3) is 5.81. The molecular formula is C22H25ClN4O3. The van der Waals surface area contributed by atoms with Gasteiger partial charge in [0.1, 0.15) is 6.04 Å². The maximum atomic E-state index is 12.6. The largest absolute Gasteiger partial charge is 0.465 e. The molecule has 30 heavy (non-hydrogen) atoms. The molecule has 1 unspecified atom stereocenters. The minimum atomic E-state index is -0.533. The molecule has 0 amide bonds. The summed E-state index contributed by atoms with van der Waals surface area (Å²) in [6.45, 7) is 3.52. The fourth-order valence-electron chi connectivity index (χ4n) is 3.12. The van der Waals surface area contributed by atoms with E-state index in [0.29, 0.717) is 48.9 Å². The molecule has 1 heterocycles. The summed E-state index contributed by atoms with van der Waals surface area (Å²) in [7, 11) is 0. The van der Waals surface area contributed by atoms with Crippen LogP contribution in [0.3, 0.4) is 0 Å². The first kappa shape index (κ1) is 21.8. The van der Waals surface area contributed by atoms with Crippen LogP contribution < -0.4 is 16.2 Å². The monoisotopic (exact) mass is 428 g/mol. The summed E-state index contributed by atoms with van der Waals surface area (Å²) < 4.78 is 6.58. The van der Waals surface area contributed by atoms with Crippen molar-refractivity contribution in [3.05, 3.63) is 70.0 Å². The summed E-state index contributed by atoms with van der Waals surface area (Å²) in [5, 5.41) is 11.5. The normalized spacial score (nSPS) is 11.9. The number of hydrogen-bond donors (Lipinski definition) is 2. The number of benzene rings is 1. The number of esters is 1. The second kappa shape index (κ2) is 10.8. The Hall–Kier alpha value is -2.90. The molecule has 1 aliphatic heterocycles. The van der Waals surface area contributed by atoms with Gasteiger partial charge in [-0.1, -0.05) is 35.9 Å². The van der Waals surface area contributed by atoms with Crippen molar-refractivity contribution in [2.75, 3.05) is 25.0 Å². The molecule has 0 spiro atoms. The highest BCUT2D eigenvalue weighted by Crippen LogP contribution is 2.15. The first-order valence-corrected chi connectivity index (χ1v) is 10.3. The molecule has 0 fully saturated rings. The summed E-state index contributed by atoms with van der Waals surface area (Å²) in [5.41, 5.74) is 1.94. The van der Waals surface area contributed by atoms with Gasteiger partial charge >= 0.3 is 5.97 Å². The molecule has 0 saturated carbocycles. The second-order valence-electron chi connectivity index (χ2n) is 6.72. The summed E-state index contributed by atoms with van der Waals surface area (Å²) in [5.74, 6) is -0.337. The number of hydrogen-bond acceptors (Lipinski definition) is 6. The minimum absolute atomic E-state index is 0.161. The highest BCUT2D eigenvalue weighted by Gasteiger charge is 2.21. The van der Waals surface area contributed by atoms with Crippen LogP contribution in [0.5, 0.6) is 0 Å². The predicted octanol–water partition coefficient (Wildman–Crippen LogP) is 3.03. The van der Waals surface area contributed by atoms with E-state index in [1.807, 2.05) is 42.5 Å². The van der Waals surface area contributed by atoms with E-state index in [-0.39, 0.29) is 11.5 Å². The van der Waals surface area contributed by atoms with Crippen molar-refractivity contribution in [1.29, 1.82) is 0 Å². The molecule has 8 heteroatoms. The summed E-state index contributed by atoms with van der Waals surface area (Å²) >= 11 is 5.98. The number of halogens is 1. The van der Waals surface area contributed by atoms with Crippen LogP contribution in [0.2, 0.25) is 5.02 Å². The van der Waals surface area contributed by atoms with Crippen LogP contribution in [-0.4, -0.2) is 41.5 Å². The third-order valence-electron chi connectivity index (χ3n) is 4.58. The number of rotatable bonds is 10. The van der Waals surface area contributed by atoms with Gasteiger partial charge in [0.2, 0.25) is 0 Å². The molecule has 1 atom stereocenters. The fraction of sp³-hybridized carbons (Fsp3) is 0.318. The number of nitrogens with zero attached hydrogens (tertiary/aromatic N) is 2. The number of fused-ring (bicyclic) bond motifs is 1. The Bertz CT molecular complexity index is 1010. The van der Waals surface area contributed by atoms with Crippen LogP contribution in [0.4, 0.5) is 5.69 Å². The van der Waals surface area contributed by atoms with Gasteiger partial charge in [-0.2, -0.15) is 5.10 Å². The van der Waals surface area contributed by atoms with Gasteiger partial charge in [-0.25, -0.2) is 4.68 Å². The van der Waals surface area contributed by atoms with Crippen molar-refractivity contribution in [2.45, 2.75) is 25.9 Å². The Morgan fingerprint density at radius 3 is 2.80 bits per heavy atom. The van der Waals surface area contributed by atoms with E-state index in [4.69, 9.17) is 16.3 Å². The van der Waals surface area contributed by atoms with Gasteiger partial charge in [-0.15, -0.1) is 0 Å². The topological polar surface area (TPSA) is 85.2 Å². The lowest BCUT2D eigenvalue weighted by atomic mass is 10.2. The SMILES string of the molecule is CCOC(=O)C(CCn1nc2cccccc-2c1=O)NCCNc1cccc(Cl)c1. The Labute approximate surface area is 180 Å². The predicted molar refractivity (Wildman–Crippen MR) is 118 cm³/mol. The van der Waals surface area contributed by atoms with E-state index >= 15 is 0 Å². The number of aryl methyl sites for hydroxylation is 1. The molecule has 0 radical (unpaired) electrons. The standard InChI is InChI=1S/C22H25ClN4O3/c1-2-30-22(29)20(25-13-12-24-17-8-6-7-16(23)15-17)11-14-27-21(28)18-9-4-3-5-10-19(18)26-27/h3-10,15,20,24-25H,2,11-14H2,1H3. The first-order valence-electron chi connectivity index (χ1n) is 9.94. The number of ether oxygens (including phenoxy) is 1. The Kier molecular flexibility index (Phi) is 7.82. The molecule has 3 rings (SSSR count). The Morgan fingerprint density at radius 2 is 2.00 bits per heavy atom. The lowest BCUT2D eigenvalue weighted by molar-refractivity contribution is -0.145. The van der Waals surface area contributed by atoms with Crippen LogP contribution in [-0.2, 0) is 16.1 Å². The third-order valence-corrected chi connectivity index (χ3v) is 4.81. The number of aromatic nitrogens is 2. The van der Waals surface area contributed by atoms with Crippen molar-refractivity contribution < 1.29 is 9.53 Å². The van der Waals surface area contributed by atoms with Crippen molar-refractivity contribution in [2.24, 2.45) is 0 Å². The lowest BCUT2D eigenvalue weighted by Gasteiger charge is -2.17. The summed E-state index contributed by atoms with van der Waals surface area (Å²) in [6.07, 6.45) is 0.394. The molecule has 0 aromatic heterocycles. The van der Waals surface area contributed by atoms with E-state index in [1.165, 1.54) is 4.68 Å².